The third-order valence-corrected chi connectivity index (χ3v) is 3.34. The summed E-state index contributed by atoms with van der Waals surface area (Å²) in [6.07, 6.45) is 0.269. The monoisotopic (exact) mass is 343 g/mol. The van der Waals surface area contributed by atoms with Crippen molar-refractivity contribution in [1.82, 2.24) is 5.32 Å². The maximum atomic E-state index is 11.5. The molecule has 0 aliphatic carbocycles. The summed E-state index contributed by atoms with van der Waals surface area (Å²) in [4.78, 5) is 11.5. The molecule has 0 bridgehead atoms. The third-order valence-electron chi connectivity index (χ3n) is 2.60. The van der Waals surface area contributed by atoms with E-state index in [0.29, 0.717) is 13.0 Å². The fraction of sp³-hybridized carbons (Fsp3) is 0.500. The second-order valence-corrected chi connectivity index (χ2v) is 6.33. The Balaban J connectivity index is 1.87. The molecule has 1 amide bonds. The molecule has 6 heteroatoms. The molecule has 2 rings (SSSR count). The minimum absolute atomic E-state index is 0.251. The van der Waals surface area contributed by atoms with E-state index in [0.717, 1.165) is 21.5 Å². The van der Waals surface area contributed by atoms with Gasteiger partial charge in [0.05, 0.1) is 0 Å². The van der Waals surface area contributed by atoms with Crippen molar-refractivity contribution in [3.8, 4) is 11.5 Å². The number of amides is 1. The number of ether oxygens (including phenoxy) is 3. The minimum atomic E-state index is -0.483. The highest BCUT2D eigenvalue weighted by molar-refractivity contribution is 9.10. The zero-order valence-corrected chi connectivity index (χ0v) is 13.4. The van der Waals surface area contributed by atoms with Crippen LogP contribution in [0.3, 0.4) is 0 Å². The van der Waals surface area contributed by atoms with Crippen LogP contribution < -0.4 is 14.8 Å². The number of hydrogen-bond donors (Lipinski definition) is 1. The molecular weight excluding hydrogens is 326 g/mol. The van der Waals surface area contributed by atoms with E-state index in [2.05, 4.69) is 21.2 Å². The van der Waals surface area contributed by atoms with Crippen LogP contribution in [-0.2, 0) is 11.2 Å². The molecule has 1 aliphatic heterocycles. The van der Waals surface area contributed by atoms with Gasteiger partial charge in [0.2, 0.25) is 6.79 Å². The highest BCUT2D eigenvalue weighted by atomic mass is 79.9. The Morgan fingerprint density at radius 2 is 2.00 bits per heavy atom. The van der Waals surface area contributed by atoms with Crippen LogP contribution in [0.5, 0.6) is 11.5 Å². The Morgan fingerprint density at radius 1 is 1.35 bits per heavy atom. The van der Waals surface area contributed by atoms with Gasteiger partial charge in [-0.15, -0.1) is 0 Å². The first-order valence-corrected chi connectivity index (χ1v) is 7.19. The third kappa shape index (κ3) is 4.03. The lowest BCUT2D eigenvalue weighted by Crippen LogP contribution is -2.33. The van der Waals surface area contributed by atoms with E-state index in [4.69, 9.17) is 14.2 Å². The van der Waals surface area contributed by atoms with E-state index in [1.165, 1.54) is 0 Å². The molecular formula is C14H18BrNO4. The van der Waals surface area contributed by atoms with E-state index >= 15 is 0 Å². The van der Waals surface area contributed by atoms with Crippen LogP contribution in [0.15, 0.2) is 16.6 Å². The molecule has 0 spiro atoms. The quantitative estimate of drug-likeness (QED) is 0.915. The summed E-state index contributed by atoms with van der Waals surface area (Å²) in [5.74, 6) is 1.47. The molecule has 1 heterocycles. The summed E-state index contributed by atoms with van der Waals surface area (Å²) in [6.45, 7) is 6.25. The number of carbonyl (C=O) groups excluding carboxylic acids is 1. The highest BCUT2D eigenvalue weighted by Gasteiger charge is 2.17. The van der Waals surface area contributed by atoms with Gasteiger partial charge in [-0.3, -0.25) is 0 Å². The molecule has 5 nitrogen and oxygen atoms in total. The van der Waals surface area contributed by atoms with Gasteiger partial charge in [-0.2, -0.15) is 0 Å². The number of halogens is 1. The van der Waals surface area contributed by atoms with Crippen molar-refractivity contribution in [2.24, 2.45) is 0 Å². The van der Waals surface area contributed by atoms with E-state index in [9.17, 15) is 4.79 Å². The fourth-order valence-electron chi connectivity index (χ4n) is 1.76. The zero-order valence-electron chi connectivity index (χ0n) is 11.8. The lowest BCUT2D eigenvalue weighted by atomic mass is 10.1. The first kappa shape index (κ1) is 15.0. The normalized spacial score (nSPS) is 13.2. The molecule has 0 atom stereocenters. The molecule has 0 saturated heterocycles. The predicted molar refractivity (Wildman–Crippen MR) is 78.2 cm³/mol. The molecule has 20 heavy (non-hydrogen) atoms. The molecule has 0 aromatic heterocycles. The lowest BCUT2D eigenvalue weighted by Gasteiger charge is -2.19. The van der Waals surface area contributed by atoms with Crippen molar-refractivity contribution >= 4 is 22.0 Å². The van der Waals surface area contributed by atoms with Crippen LogP contribution in [0.25, 0.3) is 0 Å². The first-order valence-electron chi connectivity index (χ1n) is 6.40. The number of nitrogens with one attached hydrogen (secondary N) is 1. The number of hydrogen-bond acceptors (Lipinski definition) is 4. The topological polar surface area (TPSA) is 56.8 Å². The molecule has 0 radical (unpaired) electrons. The Bertz CT molecular complexity index is 511. The van der Waals surface area contributed by atoms with Gasteiger partial charge in [0.15, 0.2) is 11.5 Å². The molecule has 0 fully saturated rings. The minimum Gasteiger partial charge on any atom is -0.454 e. The number of rotatable bonds is 3. The van der Waals surface area contributed by atoms with Crippen molar-refractivity contribution < 1.29 is 19.0 Å². The van der Waals surface area contributed by atoms with Gasteiger partial charge in [0.25, 0.3) is 0 Å². The second-order valence-electron chi connectivity index (χ2n) is 5.48. The Labute approximate surface area is 126 Å². The van der Waals surface area contributed by atoms with Crippen molar-refractivity contribution in [1.29, 1.82) is 0 Å². The summed E-state index contributed by atoms with van der Waals surface area (Å²) in [7, 11) is 0. The standard InChI is InChI=1S/C14H18BrNO4/c1-14(2,3)20-13(17)16-5-4-9-6-11-12(7-10(9)15)19-8-18-11/h6-7H,4-5,8H2,1-3H3,(H,16,17). The Hall–Kier alpha value is -1.43. The zero-order chi connectivity index (χ0) is 14.8. The van der Waals surface area contributed by atoms with Gasteiger partial charge in [-0.25, -0.2) is 4.79 Å². The molecule has 1 aromatic carbocycles. The number of alkyl carbamates (subject to hydrolysis) is 1. The maximum Gasteiger partial charge on any atom is 0.407 e. The summed E-state index contributed by atoms with van der Waals surface area (Å²) >= 11 is 3.49. The van der Waals surface area contributed by atoms with Gasteiger partial charge in [-0.05, 0) is 44.9 Å². The highest BCUT2D eigenvalue weighted by Crippen LogP contribution is 2.36. The average molecular weight is 344 g/mol. The maximum absolute atomic E-state index is 11.5. The largest absolute Gasteiger partial charge is 0.454 e. The van der Waals surface area contributed by atoms with Crippen LogP contribution >= 0.6 is 15.9 Å². The van der Waals surface area contributed by atoms with E-state index in [-0.39, 0.29) is 6.79 Å². The van der Waals surface area contributed by atoms with E-state index in [1.807, 2.05) is 32.9 Å². The van der Waals surface area contributed by atoms with E-state index in [1.54, 1.807) is 0 Å². The van der Waals surface area contributed by atoms with Crippen molar-refractivity contribution in [3.63, 3.8) is 0 Å². The van der Waals surface area contributed by atoms with Crippen molar-refractivity contribution in [3.05, 3.63) is 22.2 Å². The number of benzene rings is 1. The van der Waals surface area contributed by atoms with E-state index < -0.39 is 11.7 Å². The van der Waals surface area contributed by atoms with Crippen LogP contribution in [0, 0.1) is 0 Å². The smallest absolute Gasteiger partial charge is 0.407 e. The van der Waals surface area contributed by atoms with Gasteiger partial charge in [0.1, 0.15) is 5.60 Å². The summed E-state index contributed by atoms with van der Waals surface area (Å²) in [5.41, 5.74) is 0.564. The van der Waals surface area contributed by atoms with Crippen LogP contribution in [0.4, 0.5) is 4.79 Å². The van der Waals surface area contributed by atoms with Crippen LogP contribution in [0.2, 0.25) is 0 Å². The van der Waals surface area contributed by atoms with Gasteiger partial charge < -0.3 is 19.5 Å². The molecule has 110 valence electrons. The fourth-order valence-corrected chi connectivity index (χ4v) is 2.28. The Morgan fingerprint density at radius 3 is 2.65 bits per heavy atom. The van der Waals surface area contributed by atoms with Gasteiger partial charge in [0, 0.05) is 11.0 Å². The molecule has 1 aliphatic rings. The van der Waals surface area contributed by atoms with Crippen LogP contribution in [-0.4, -0.2) is 25.0 Å². The molecule has 1 aromatic rings. The van der Waals surface area contributed by atoms with Crippen molar-refractivity contribution in [2.75, 3.05) is 13.3 Å². The second kappa shape index (κ2) is 5.91. The van der Waals surface area contributed by atoms with Gasteiger partial charge in [-0.1, -0.05) is 15.9 Å². The first-order chi connectivity index (χ1) is 9.35. The summed E-state index contributed by atoms with van der Waals surface area (Å²) in [6, 6.07) is 3.80. The summed E-state index contributed by atoms with van der Waals surface area (Å²) < 4.78 is 16.7. The van der Waals surface area contributed by atoms with Gasteiger partial charge >= 0.3 is 6.09 Å². The molecule has 0 saturated carbocycles. The summed E-state index contributed by atoms with van der Waals surface area (Å²) in [5, 5.41) is 2.73. The SMILES string of the molecule is CC(C)(C)OC(=O)NCCc1cc2c(cc1Br)OCO2. The van der Waals surface area contributed by atoms with Crippen LogP contribution in [0.1, 0.15) is 26.3 Å². The predicted octanol–water partition coefficient (Wildman–Crippen LogP) is 3.25. The number of fused-ring (bicyclic) bond motifs is 1. The molecule has 0 unspecified atom stereocenters. The van der Waals surface area contributed by atoms with Crippen molar-refractivity contribution in [2.45, 2.75) is 32.8 Å². The lowest BCUT2D eigenvalue weighted by molar-refractivity contribution is 0.0528. The molecule has 1 N–H and O–H groups in total. The average Bonchev–Trinajstić information content (AvgIpc) is 2.73. The Kier molecular flexibility index (Phi) is 4.42. The number of carbonyl (C=O) groups is 1.